The quantitative estimate of drug-likeness (QED) is 0.841. The van der Waals surface area contributed by atoms with Gasteiger partial charge in [-0.1, -0.05) is 12.2 Å². The molecular weight excluding hydrogens is 255 g/mol. The molecule has 2 rings (SSSR count). The first kappa shape index (κ1) is 12.4. The number of nitrogens with two attached hydrogens (primary N) is 1. The van der Waals surface area contributed by atoms with Crippen LogP contribution >= 0.6 is 12.2 Å². The van der Waals surface area contributed by atoms with Gasteiger partial charge < -0.3 is 10.5 Å². The Morgan fingerprint density at radius 1 is 1.56 bits per heavy atom. The number of rotatable bonds is 4. The number of benzene rings is 1. The molecule has 0 amide bonds. The standard InChI is InChI=1S/C11H11FN4OS/c1-16-10(14-6-15-16)5-17-7-2-3-8(11(13)18)9(12)4-7/h2-4,6H,5H2,1H3,(H2,13,18). The normalized spacial score (nSPS) is 10.3. The second-order valence-electron chi connectivity index (χ2n) is 3.59. The highest BCUT2D eigenvalue weighted by atomic mass is 32.1. The number of aryl methyl sites for hydroxylation is 1. The van der Waals surface area contributed by atoms with Crippen molar-refractivity contribution >= 4 is 17.2 Å². The molecule has 0 bridgehead atoms. The topological polar surface area (TPSA) is 66.0 Å². The number of ether oxygens (including phenoxy) is 1. The molecule has 0 spiro atoms. The predicted octanol–water partition coefficient (Wildman–Crippen LogP) is 1.17. The first-order chi connectivity index (χ1) is 8.58. The first-order valence-electron chi connectivity index (χ1n) is 5.13. The number of hydrogen-bond acceptors (Lipinski definition) is 4. The van der Waals surface area contributed by atoms with Crippen LogP contribution in [0.1, 0.15) is 11.4 Å². The first-order valence-corrected chi connectivity index (χ1v) is 5.54. The molecule has 7 heteroatoms. The lowest BCUT2D eigenvalue weighted by molar-refractivity contribution is 0.288. The summed E-state index contributed by atoms with van der Waals surface area (Å²) in [6.45, 7) is 0.211. The van der Waals surface area contributed by atoms with Crippen molar-refractivity contribution in [3.8, 4) is 5.75 Å². The summed E-state index contributed by atoms with van der Waals surface area (Å²) in [5.74, 6) is 0.530. The van der Waals surface area contributed by atoms with E-state index >= 15 is 0 Å². The molecule has 0 atom stereocenters. The highest BCUT2D eigenvalue weighted by Gasteiger charge is 2.07. The van der Waals surface area contributed by atoms with E-state index in [4.69, 9.17) is 22.7 Å². The maximum Gasteiger partial charge on any atom is 0.164 e. The molecule has 5 nitrogen and oxygen atoms in total. The fraction of sp³-hybridized carbons (Fsp3) is 0.182. The molecule has 1 aromatic heterocycles. The predicted molar refractivity (Wildman–Crippen MR) is 67.6 cm³/mol. The van der Waals surface area contributed by atoms with E-state index in [0.29, 0.717) is 11.6 Å². The van der Waals surface area contributed by atoms with Gasteiger partial charge in [0.25, 0.3) is 0 Å². The van der Waals surface area contributed by atoms with E-state index in [0.717, 1.165) is 0 Å². The highest BCUT2D eigenvalue weighted by molar-refractivity contribution is 7.80. The van der Waals surface area contributed by atoms with E-state index in [9.17, 15) is 4.39 Å². The van der Waals surface area contributed by atoms with Crippen molar-refractivity contribution in [3.05, 3.63) is 41.7 Å². The second-order valence-corrected chi connectivity index (χ2v) is 4.03. The SMILES string of the molecule is Cn1ncnc1COc1ccc(C(N)=S)c(F)c1. The second kappa shape index (κ2) is 5.09. The van der Waals surface area contributed by atoms with Gasteiger partial charge in [0, 0.05) is 18.7 Å². The Balaban J connectivity index is 2.09. The number of thiocarbonyl (C=S) groups is 1. The van der Waals surface area contributed by atoms with Crippen molar-refractivity contribution in [2.45, 2.75) is 6.61 Å². The van der Waals surface area contributed by atoms with E-state index < -0.39 is 5.82 Å². The van der Waals surface area contributed by atoms with Crippen molar-refractivity contribution in [2.75, 3.05) is 0 Å². The van der Waals surface area contributed by atoms with Crippen LogP contribution in [0.4, 0.5) is 4.39 Å². The van der Waals surface area contributed by atoms with Crippen LogP contribution in [0.2, 0.25) is 0 Å². The Hall–Kier alpha value is -2.02. The number of hydrogen-bond donors (Lipinski definition) is 1. The molecule has 0 radical (unpaired) electrons. The zero-order valence-electron chi connectivity index (χ0n) is 9.63. The Kier molecular flexibility index (Phi) is 3.52. The minimum absolute atomic E-state index is 0.0207. The molecule has 94 valence electrons. The Labute approximate surface area is 108 Å². The van der Waals surface area contributed by atoms with Crippen molar-refractivity contribution in [2.24, 2.45) is 12.8 Å². The van der Waals surface area contributed by atoms with Gasteiger partial charge in [0.2, 0.25) is 0 Å². The van der Waals surface area contributed by atoms with Crippen LogP contribution in [0.3, 0.4) is 0 Å². The largest absolute Gasteiger partial charge is 0.486 e. The summed E-state index contributed by atoms with van der Waals surface area (Å²) in [5.41, 5.74) is 5.57. The molecule has 0 unspecified atom stereocenters. The zero-order valence-corrected chi connectivity index (χ0v) is 10.4. The fourth-order valence-electron chi connectivity index (χ4n) is 1.38. The van der Waals surface area contributed by atoms with Gasteiger partial charge in [-0.15, -0.1) is 0 Å². The van der Waals surface area contributed by atoms with Crippen molar-refractivity contribution < 1.29 is 9.13 Å². The van der Waals surface area contributed by atoms with E-state index in [1.807, 2.05) is 0 Å². The number of halogens is 1. The Morgan fingerprint density at radius 3 is 2.89 bits per heavy atom. The summed E-state index contributed by atoms with van der Waals surface area (Å²) >= 11 is 4.71. The molecule has 18 heavy (non-hydrogen) atoms. The lowest BCUT2D eigenvalue weighted by atomic mass is 10.2. The molecule has 0 aliphatic rings. The number of nitrogens with zero attached hydrogens (tertiary/aromatic N) is 3. The van der Waals surface area contributed by atoms with Gasteiger partial charge in [0.05, 0.1) is 0 Å². The minimum Gasteiger partial charge on any atom is -0.486 e. The summed E-state index contributed by atoms with van der Waals surface area (Å²) in [6, 6.07) is 4.34. The average Bonchev–Trinajstić information content (AvgIpc) is 2.72. The molecular formula is C11H11FN4OS. The number of aromatic nitrogens is 3. The third-order valence-corrected chi connectivity index (χ3v) is 2.60. The smallest absolute Gasteiger partial charge is 0.164 e. The van der Waals surface area contributed by atoms with E-state index in [1.165, 1.54) is 18.5 Å². The molecule has 0 aliphatic carbocycles. The third-order valence-electron chi connectivity index (χ3n) is 2.38. The van der Waals surface area contributed by atoms with E-state index in [1.54, 1.807) is 17.8 Å². The maximum atomic E-state index is 13.6. The van der Waals surface area contributed by atoms with Gasteiger partial charge >= 0.3 is 0 Å². The summed E-state index contributed by atoms with van der Waals surface area (Å²) in [5, 5.41) is 3.90. The van der Waals surface area contributed by atoms with Gasteiger partial charge in [-0.3, -0.25) is 4.68 Å². The van der Waals surface area contributed by atoms with Crippen LogP contribution < -0.4 is 10.5 Å². The van der Waals surface area contributed by atoms with Crippen LogP contribution in [-0.2, 0) is 13.7 Å². The van der Waals surface area contributed by atoms with Gasteiger partial charge in [0.15, 0.2) is 5.82 Å². The van der Waals surface area contributed by atoms with E-state index in [-0.39, 0.29) is 17.2 Å². The maximum absolute atomic E-state index is 13.6. The Morgan fingerprint density at radius 2 is 2.33 bits per heavy atom. The lowest BCUT2D eigenvalue weighted by Crippen LogP contribution is -2.11. The minimum atomic E-state index is -0.502. The third kappa shape index (κ3) is 2.62. The summed E-state index contributed by atoms with van der Waals surface area (Å²) < 4.78 is 20.5. The summed E-state index contributed by atoms with van der Waals surface area (Å²) in [6.07, 6.45) is 1.43. The molecule has 0 fully saturated rings. The van der Waals surface area contributed by atoms with Crippen molar-refractivity contribution in [3.63, 3.8) is 0 Å². The van der Waals surface area contributed by atoms with Crippen LogP contribution in [0.15, 0.2) is 24.5 Å². The van der Waals surface area contributed by atoms with Gasteiger partial charge in [-0.2, -0.15) is 5.10 Å². The molecule has 2 aromatic rings. The molecule has 0 aliphatic heterocycles. The highest BCUT2D eigenvalue weighted by Crippen LogP contribution is 2.17. The zero-order chi connectivity index (χ0) is 13.1. The summed E-state index contributed by atoms with van der Waals surface area (Å²) in [7, 11) is 1.75. The van der Waals surface area contributed by atoms with Crippen molar-refractivity contribution in [1.82, 2.24) is 14.8 Å². The van der Waals surface area contributed by atoms with Gasteiger partial charge in [0.1, 0.15) is 29.5 Å². The van der Waals surface area contributed by atoms with Crippen LogP contribution in [0, 0.1) is 5.82 Å². The fourth-order valence-corrected chi connectivity index (χ4v) is 1.55. The average molecular weight is 266 g/mol. The van der Waals surface area contributed by atoms with Gasteiger partial charge in [-0.25, -0.2) is 9.37 Å². The molecule has 0 saturated carbocycles. The summed E-state index contributed by atoms with van der Waals surface area (Å²) in [4.78, 5) is 4.01. The van der Waals surface area contributed by atoms with Crippen molar-refractivity contribution in [1.29, 1.82) is 0 Å². The molecule has 2 N–H and O–H groups in total. The van der Waals surface area contributed by atoms with Crippen LogP contribution in [0.5, 0.6) is 5.75 Å². The lowest BCUT2D eigenvalue weighted by Gasteiger charge is -2.07. The monoisotopic (exact) mass is 266 g/mol. The van der Waals surface area contributed by atoms with Crippen LogP contribution in [-0.4, -0.2) is 19.8 Å². The van der Waals surface area contributed by atoms with Gasteiger partial charge in [-0.05, 0) is 12.1 Å². The molecule has 0 saturated heterocycles. The molecule has 1 aromatic carbocycles. The molecule has 1 heterocycles. The van der Waals surface area contributed by atoms with Crippen LogP contribution in [0.25, 0.3) is 0 Å². The Bertz CT molecular complexity index is 584. The van der Waals surface area contributed by atoms with E-state index in [2.05, 4.69) is 10.1 Å².